The number of pyridine rings is 1. The van der Waals surface area contributed by atoms with Gasteiger partial charge < -0.3 is 5.73 Å². The van der Waals surface area contributed by atoms with Crippen molar-refractivity contribution >= 4 is 15.7 Å². The van der Waals surface area contributed by atoms with Crippen LogP contribution in [0.4, 0.5) is 10.1 Å². The van der Waals surface area contributed by atoms with E-state index in [2.05, 4.69) is 4.98 Å². The molecule has 21 heavy (non-hydrogen) atoms. The lowest BCUT2D eigenvalue weighted by atomic mass is 10.3. The van der Waals surface area contributed by atoms with E-state index >= 15 is 0 Å². The molecular formula is C14H16FN3O2S. The van der Waals surface area contributed by atoms with Crippen molar-refractivity contribution in [1.29, 1.82) is 0 Å². The van der Waals surface area contributed by atoms with E-state index in [9.17, 15) is 12.8 Å². The maximum atomic E-state index is 13.4. The average molecular weight is 309 g/mol. The lowest BCUT2D eigenvalue weighted by molar-refractivity contribution is 0.461. The first-order chi connectivity index (χ1) is 9.80. The summed E-state index contributed by atoms with van der Waals surface area (Å²) in [5.74, 6) is -0.752. The van der Waals surface area contributed by atoms with Gasteiger partial charge in [-0.2, -0.15) is 4.31 Å². The maximum Gasteiger partial charge on any atom is 0.243 e. The standard InChI is InChI=1S/C14H16FN3O2S/c1-10-4-3-5-11(17-10)9-18(2)21(19,20)12-6-7-14(16)13(15)8-12/h3-8H,9,16H2,1-2H3. The minimum absolute atomic E-state index is 0.0862. The summed E-state index contributed by atoms with van der Waals surface area (Å²) in [4.78, 5) is 4.12. The van der Waals surface area contributed by atoms with Crippen molar-refractivity contribution in [2.24, 2.45) is 0 Å². The summed E-state index contributed by atoms with van der Waals surface area (Å²) in [7, 11) is -2.37. The van der Waals surface area contributed by atoms with Crippen molar-refractivity contribution < 1.29 is 12.8 Å². The van der Waals surface area contributed by atoms with Crippen LogP contribution < -0.4 is 5.73 Å². The van der Waals surface area contributed by atoms with E-state index in [1.807, 2.05) is 13.0 Å². The van der Waals surface area contributed by atoms with E-state index in [0.29, 0.717) is 5.69 Å². The quantitative estimate of drug-likeness (QED) is 0.876. The Bertz CT molecular complexity index is 763. The van der Waals surface area contributed by atoms with Gasteiger partial charge in [-0.05, 0) is 37.3 Å². The van der Waals surface area contributed by atoms with E-state index in [1.165, 1.54) is 19.2 Å². The Morgan fingerprint density at radius 1 is 1.29 bits per heavy atom. The van der Waals surface area contributed by atoms with E-state index in [4.69, 9.17) is 5.73 Å². The number of aryl methyl sites for hydroxylation is 1. The van der Waals surface area contributed by atoms with E-state index in [-0.39, 0.29) is 17.1 Å². The van der Waals surface area contributed by atoms with Crippen LogP contribution in [0.3, 0.4) is 0 Å². The highest BCUT2D eigenvalue weighted by molar-refractivity contribution is 7.89. The minimum Gasteiger partial charge on any atom is -0.396 e. The molecule has 0 saturated heterocycles. The fourth-order valence-electron chi connectivity index (χ4n) is 1.85. The molecule has 112 valence electrons. The number of rotatable bonds is 4. The highest BCUT2D eigenvalue weighted by Crippen LogP contribution is 2.20. The Morgan fingerprint density at radius 2 is 2.00 bits per heavy atom. The lowest BCUT2D eigenvalue weighted by Crippen LogP contribution is -2.27. The molecule has 7 heteroatoms. The van der Waals surface area contributed by atoms with Crippen LogP contribution in [0.15, 0.2) is 41.3 Å². The zero-order valence-corrected chi connectivity index (χ0v) is 12.6. The monoisotopic (exact) mass is 309 g/mol. The third-order valence-corrected chi connectivity index (χ3v) is 4.81. The van der Waals surface area contributed by atoms with Gasteiger partial charge in [-0.25, -0.2) is 12.8 Å². The fraction of sp³-hybridized carbons (Fsp3) is 0.214. The predicted molar refractivity (Wildman–Crippen MR) is 78.4 cm³/mol. The molecule has 0 radical (unpaired) electrons. The molecule has 0 fully saturated rings. The number of anilines is 1. The first-order valence-electron chi connectivity index (χ1n) is 6.24. The van der Waals surface area contributed by atoms with Crippen molar-refractivity contribution in [2.45, 2.75) is 18.4 Å². The Labute approximate surface area is 123 Å². The number of nitrogen functional groups attached to an aromatic ring is 1. The van der Waals surface area contributed by atoms with Crippen LogP contribution in [0.1, 0.15) is 11.4 Å². The molecule has 0 atom stereocenters. The van der Waals surface area contributed by atoms with Crippen LogP contribution in [0, 0.1) is 12.7 Å². The Kier molecular flexibility index (Phi) is 4.24. The topological polar surface area (TPSA) is 76.3 Å². The van der Waals surface area contributed by atoms with Crippen LogP contribution in [-0.4, -0.2) is 24.8 Å². The summed E-state index contributed by atoms with van der Waals surface area (Å²) in [6, 6.07) is 8.82. The van der Waals surface area contributed by atoms with Crippen LogP contribution in [-0.2, 0) is 16.6 Å². The second-order valence-corrected chi connectivity index (χ2v) is 6.76. The predicted octanol–water partition coefficient (Wildman–Crippen LogP) is 1.93. The summed E-state index contributed by atoms with van der Waals surface area (Å²) < 4.78 is 39.3. The molecule has 0 aliphatic heterocycles. The van der Waals surface area contributed by atoms with Gasteiger partial charge >= 0.3 is 0 Å². The molecule has 0 amide bonds. The molecule has 2 N–H and O–H groups in total. The highest BCUT2D eigenvalue weighted by Gasteiger charge is 2.22. The van der Waals surface area contributed by atoms with Gasteiger partial charge in [0.05, 0.1) is 22.8 Å². The molecule has 0 saturated carbocycles. The van der Waals surface area contributed by atoms with E-state index < -0.39 is 15.8 Å². The molecule has 2 aromatic rings. The molecular weight excluding hydrogens is 293 g/mol. The Morgan fingerprint density at radius 3 is 2.62 bits per heavy atom. The molecule has 0 aliphatic carbocycles. The Hall–Kier alpha value is -1.99. The minimum atomic E-state index is -3.79. The summed E-state index contributed by atoms with van der Waals surface area (Å²) in [6.45, 7) is 1.93. The van der Waals surface area contributed by atoms with Crippen molar-refractivity contribution in [3.63, 3.8) is 0 Å². The van der Waals surface area contributed by atoms with Gasteiger partial charge in [0.15, 0.2) is 0 Å². The van der Waals surface area contributed by atoms with Crippen molar-refractivity contribution in [1.82, 2.24) is 9.29 Å². The first kappa shape index (κ1) is 15.4. The molecule has 1 aromatic carbocycles. The van der Waals surface area contributed by atoms with Gasteiger partial charge in [0.1, 0.15) is 5.82 Å². The summed E-state index contributed by atoms with van der Waals surface area (Å²) in [6.07, 6.45) is 0. The maximum absolute atomic E-state index is 13.4. The number of aromatic nitrogens is 1. The van der Waals surface area contributed by atoms with E-state index in [0.717, 1.165) is 16.1 Å². The summed E-state index contributed by atoms with van der Waals surface area (Å²) in [5, 5.41) is 0. The van der Waals surface area contributed by atoms with Crippen LogP contribution in [0.5, 0.6) is 0 Å². The molecule has 0 spiro atoms. The molecule has 0 aliphatic rings. The fourth-order valence-corrected chi connectivity index (χ4v) is 3.00. The van der Waals surface area contributed by atoms with Gasteiger partial charge in [-0.15, -0.1) is 0 Å². The molecule has 0 bridgehead atoms. The molecule has 1 aromatic heterocycles. The largest absolute Gasteiger partial charge is 0.396 e. The van der Waals surface area contributed by atoms with Gasteiger partial charge in [0.2, 0.25) is 10.0 Å². The van der Waals surface area contributed by atoms with Gasteiger partial charge in [0.25, 0.3) is 0 Å². The number of hydrogen-bond acceptors (Lipinski definition) is 4. The molecule has 2 rings (SSSR count). The summed E-state index contributed by atoms with van der Waals surface area (Å²) in [5.41, 5.74) is 6.69. The zero-order valence-electron chi connectivity index (χ0n) is 11.7. The average Bonchev–Trinajstić information content (AvgIpc) is 2.41. The third kappa shape index (κ3) is 3.37. The second-order valence-electron chi connectivity index (χ2n) is 4.71. The van der Waals surface area contributed by atoms with Crippen LogP contribution in [0.25, 0.3) is 0 Å². The van der Waals surface area contributed by atoms with Crippen LogP contribution in [0.2, 0.25) is 0 Å². The molecule has 1 heterocycles. The number of sulfonamides is 1. The van der Waals surface area contributed by atoms with E-state index in [1.54, 1.807) is 12.1 Å². The van der Waals surface area contributed by atoms with Crippen molar-refractivity contribution in [3.8, 4) is 0 Å². The van der Waals surface area contributed by atoms with Gasteiger partial charge in [-0.1, -0.05) is 6.07 Å². The van der Waals surface area contributed by atoms with Gasteiger partial charge in [-0.3, -0.25) is 4.98 Å². The number of benzene rings is 1. The first-order valence-corrected chi connectivity index (χ1v) is 7.68. The molecule has 0 unspecified atom stereocenters. The normalized spacial score (nSPS) is 11.8. The van der Waals surface area contributed by atoms with Crippen molar-refractivity contribution in [3.05, 3.63) is 53.6 Å². The van der Waals surface area contributed by atoms with Crippen molar-refractivity contribution in [2.75, 3.05) is 12.8 Å². The van der Waals surface area contributed by atoms with Crippen LogP contribution >= 0.6 is 0 Å². The number of nitrogens with zero attached hydrogens (tertiary/aromatic N) is 2. The molecule has 5 nitrogen and oxygen atoms in total. The van der Waals surface area contributed by atoms with Gasteiger partial charge in [0, 0.05) is 12.7 Å². The lowest BCUT2D eigenvalue weighted by Gasteiger charge is -2.17. The summed E-state index contributed by atoms with van der Waals surface area (Å²) >= 11 is 0. The zero-order chi connectivity index (χ0) is 15.6. The Balaban J connectivity index is 2.28. The number of nitrogens with two attached hydrogens (primary N) is 1. The number of hydrogen-bond donors (Lipinski definition) is 1. The smallest absolute Gasteiger partial charge is 0.243 e. The SMILES string of the molecule is Cc1cccc(CN(C)S(=O)(=O)c2ccc(N)c(F)c2)n1. The highest BCUT2D eigenvalue weighted by atomic mass is 32.2. The third-order valence-electron chi connectivity index (χ3n) is 3.01. The number of halogens is 1. The second kappa shape index (κ2) is 5.79.